The minimum absolute atomic E-state index is 0. The zero-order valence-corrected chi connectivity index (χ0v) is 10.8. The standard InChI is InChI=1S/C10H23N5.CH3/c1-3-5-7-13-9(11)15-10(12)14-8-6-4-2;/h3-8H2,1-2H3,(H5,11,12,13,14,15);1H3/q;-1/p+1. The van der Waals surface area contributed by atoms with Gasteiger partial charge in [-0.2, -0.15) is 0 Å². The number of hydrogen-bond acceptors (Lipinski definition) is 1. The van der Waals surface area contributed by atoms with Crippen LogP contribution in [0.1, 0.15) is 39.5 Å². The molecule has 0 spiro atoms. The van der Waals surface area contributed by atoms with Crippen molar-refractivity contribution in [2.75, 3.05) is 13.1 Å². The second-order valence-corrected chi connectivity index (χ2v) is 3.44. The molecular formula is C11H27N5. The molecule has 5 nitrogen and oxygen atoms in total. The Morgan fingerprint density at radius 1 is 1.19 bits per heavy atom. The van der Waals surface area contributed by atoms with Gasteiger partial charge in [-0.05, 0) is 12.8 Å². The first-order valence-electron chi connectivity index (χ1n) is 5.63. The SMILES string of the molecule is CCCCN=C(N)NC(N)=[NH+]CCCC.[CH3-]. The zero-order valence-electron chi connectivity index (χ0n) is 10.8. The van der Waals surface area contributed by atoms with Gasteiger partial charge in [-0.3, -0.25) is 10.7 Å². The third kappa shape index (κ3) is 10.8. The van der Waals surface area contributed by atoms with Gasteiger partial charge in [0.05, 0.1) is 6.54 Å². The van der Waals surface area contributed by atoms with Crippen molar-refractivity contribution in [3.8, 4) is 0 Å². The summed E-state index contributed by atoms with van der Waals surface area (Å²) in [5.74, 6) is 0.853. The maximum Gasteiger partial charge on any atom is 0.348 e. The third-order valence-electron chi connectivity index (χ3n) is 1.90. The number of hydrogen-bond donors (Lipinski definition) is 4. The molecule has 0 heterocycles. The summed E-state index contributed by atoms with van der Waals surface area (Å²) in [7, 11) is 0. The van der Waals surface area contributed by atoms with E-state index >= 15 is 0 Å². The van der Waals surface area contributed by atoms with Crippen LogP contribution in [0.15, 0.2) is 4.99 Å². The van der Waals surface area contributed by atoms with Gasteiger partial charge in [0.25, 0.3) is 5.96 Å². The van der Waals surface area contributed by atoms with Crippen molar-refractivity contribution < 1.29 is 4.99 Å². The molecule has 0 atom stereocenters. The van der Waals surface area contributed by atoms with Gasteiger partial charge in [0.1, 0.15) is 0 Å². The Morgan fingerprint density at radius 2 is 1.81 bits per heavy atom. The monoisotopic (exact) mass is 229 g/mol. The zero-order chi connectivity index (χ0) is 11.5. The van der Waals surface area contributed by atoms with Gasteiger partial charge < -0.3 is 13.2 Å². The molecule has 0 aromatic rings. The predicted molar refractivity (Wildman–Crippen MR) is 70.9 cm³/mol. The lowest BCUT2D eigenvalue weighted by atomic mass is 10.3. The summed E-state index contributed by atoms with van der Waals surface area (Å²) in [5.41, 5.74) is 11.3. The molecule has 5 heteroatoms. The maximum absolute atomic E-state index is 5.65. The summed E-state index contributed by atoms with van der Waals surface area (Å²) in [4.78, 5) is 7.15. The van der Waals surface area contributed by atoms with Crippen LogP contribution in [0.2, 0.25) is 0 Å². The van der Waals surface area contributed by atoms with E-state index in [1.165, 1.54) is 0 Å². The van der Waals surface area contributed by atoms with Crippen LogP contribution in [0.25, 0.3) is 0 Å². The normalized spacial score (nSPS) is 12.1. The van der Waals surface area contributed by atoms with Crippen LogP contribution in [0.5, 0.6) is 0 Å². The number of nitrogens with one attached hydrogen (secondary N) is 2. The van der Waals surface area contributed by atoms with E-state index in [0.29, 0.717) is 11.9 Å². The minimum atomic E-state index is 0. The highest BCUT2D eigenvalue weighted by molar-refractivity contribution is 5.94. The Labute approximate surface area is 99.4 Å². The average Bonchev–Trinajstić information content (AvgIpc) is 2.18. The first-order chi connectivity index (χ1) is 7.20. The molecule has 0 aromatic carbocycles. The summed E-state index contributed by atoms with van der Waals surface area (Å²) in [6, 6.07) is 0. The Hall–Kier alpha value is -1.26. The van der Waals surface area contributed by atoms with Crippen LogP contribution < -0.4 is 21.8 Å². The summed E-state index contributed by atoms with van der Waals surface area (Å²) >= 11 is 0. The summed E-state index contributed by atoms with van der Waals surface area (Å²) < 4.78 is 0. The van der Waals surface area contributed by atoms with Gasteiger partial charge in [-0.15, -0.1) is 0 Å². The van der Waals surface area contributed by atoms with Gasteiger partial charge in [-0.1, -0.05) is 26.7 Å². The van der Waals surface area contributed by atoms with Crippen molar-refractivity contribution in [2.24, 2.45) is 16.5 Å². The smallest absolute Gasteiger partial charge is 0.348 e. The van der Waals surface area contributed by atoms with E-state index < -0.39 is 0 Å². The number of guanidine groups is 2. The molecule has 0 fully saturated rings. The topological polar surface area (TPSA) is 90.4 Å². The Kier molecular flexibility index (Phi) is 12.7. The van der Waals surface area contributed by atoms with E-state index in [0.717, 1.165) is 38.8 Å². The number of unbranched alkanes of at least 4 members (excludes halogenated alkanes) is 2. The fourth-order valence-electron chi connectivity index (χ4n) is 0.979. The average molecular weight is 229 g/mol. The molecular weight excluding hydrogens is 202 g/mol. The van der Waals surface area contributed by atoms with Crippen molar-refractivity contribution in [3.05, 3.63) is 7.43 Å². The largest absolute Gasteiger partial charge is 0.358 e. The van der Waals surface area contributed by atoms with E-state index in [1.807, 2.05) is 0 Å². The van der Waals surface area contributed by atoms with Crippen LogP contribution >= 0.6 is 0 Å². The van der Waals surface area contributed by atoms with Crippen molar-refractivity contribution in [2.45, 2.75) is 39.5 Å². The number of rotatable bonds is 6. The Bertz CT molecular complexity index is 188. The van der Waals surface area contributed by atoms with Crippen molar-refractivity contribution in [1.82, 2.24) is 5.32 Å². The lowest BCUT2D eigenvalue weighted by Gasteiger charge is -1.98. The molecule has 0 bridgehead atoms. The number of nitrogens with zero attached hydrogens (tertiary/aromatic N) is 1. The predicted octanol–water partition coefficient (Wildman–Crippen LogP) is -0.664. The Morgan fingerprint density at radius 3 is 2.38 bits per heavy atom. The van der Waals surface area contributed by atoms with E-state index in [-0.39, 0.29) is 7.43 Å². The summed E-state index contributed by atoms with van der Waals surface area (Å²) in [6.45, 7) is 5.85. The quantitative estimate of drug-likeness (QED) is 0.211. The lowest BCUT2D eigenvalue weighted by molar-refractivity contribution is -0.460. The highest BCUT2D eigenvalue weighted by atomic mass is 15.2. The van der Waals surface area contributed by atoms with Crippen molar-refractivity contribution in [1.29, 1.82) is 0 Å². The second kappa shape index (κ2) is 11.8. The molecule has 0 aromatic heterocycles. The summed E-state index contributed by atoms with van der Waals surface area (Å²) in [5, 5.41) is 2.81. The fourth-order valence-corrected chi connectivity index (χ4v) is 0.979. The third-order valence-corrected chi connectivity index (χ3v) is 1.90. The van der Waals surface area contributed by atoms with Gasteiger partial charge in [0, 0.05) is 6.54 Å². The molecule has 0 unspecified atom stereocenters. The molecule has 96 valence electrons. The molecule has 0 amide bonds. The molecule has 0 rings (SSSR count). The van der Waals surface area contributed by atoms with Crippen LogP contribution in [-0.4, -0.2) is 25.0 Å². The number of nitrogens with two attached hydrogens (primary N) is 2. The second-order valence-electron chi connectivity index (χ2n) is 3.44. The van der Waals surface area contributed by atoms with Crippen LogP contribution in [-0.2, 0) is 0 Å². The van der Waals surface area contributed by atoms with Gasteiger partial charge in [0.2, 0.25) is 0 Å². The minimum Gasteiger partial charge on any atom is -0.358 e. The van der Waals surface area contributed by atoms with E-state index in [2.05, 4.69) is 29.1 Å². The van der Waals surface area contributed by atoms with Crippen LogP contribution in [0.4, 0.5) is 0 Å². The van der Waals surface area contributed by atoms with E-state index in [4.69, 9.17) is 11.5 Å². The van der Waals surface area contributed by atoms with E-state index in [9.17, 15) is 0 Å². The molecule has 0 aliphatic carbocycles. The Balaban J connectivity index is 0. The lowest BCUT2D eigenvalue weighted by Crippen LogP contribution is -2.79. The first kappa shape index (κ1) is 17.1. The van der Waals surface area contributed by atoms with Crippen molar-refractivity contribution in [3.63, 3.8) is 0 Å². The molecule has 0 radical (unpaired) electrons. The molecule has 0 aliphatic heterocycles. The molecule has 0 saturated carbocycles. The summed E-state index contributed by atoms with van der Waals surface area (Å²) in [6.07, 6.45) is 4.39. The molecule has 0 saturated heterocycles. The molecule has 0 aliphatic rings. The van der Waals surface area contributed by atoms with Crippen molar-refractivity contribution >= 4 is 11.9 Å². The molecule has 6 N–H and O–H groups in total. The van der Waals surface area contributed by atoms with Gasteiger partial charge in [0.15, 0.2) is 0 Å². The van der Waals surface area contributed by atoms with Gasteiger partial charge in [-0.25, -0.2) is 10.3 Å². The fraction of sp³-hybridized carbons (Fsp3) is 0.727. The first-order valence-corrected chi connectivity index (χ1v) is 5.63. The van der Waals surface area contributed by atoms with Gasteiger partial charge >= 0.3 is 5.96 Å². The van der Waals surface area contributed by atoms with Crippen LogP contribution in [0.3, 0.4) is 0 Å². The molecule has 16 heavy (non-hydrogen) atoms. The highest BCUT2D eigenvalue weighted by Gasteiger charge is 2.00. The van der Waals surface area contributed by atoms with E-state index in [1.54, 1.807) is 0 Å². The van der Waals surface area contributed by atoms with Crippen LogP contribution in [0, 0.1) is 7.43 Å². The number of aliphatic imine (C=N–C) groups is 1. The highest BCUT2D eigenvalue weighted by Crippen LogP contribution is 1.85. The maximum atomic E-state index is 5.65.